The van der Waals surface area contributed by atoms with Crippen molar-refractivity contribution in [2.75, 3.05) is 0 Å². The van der Waals surface area contributed by atoms with E-state index in [1.54, 1.807) is 10.4 Å². The third-order valence-corrected chi connectivity index (χ3v) is 5.66. The van der Waals surface area contributed by atoms with Crippen LogP contribution in [0.4, 0.5) is 0 Å². The zero-order valence-electron chi connectivity index (χ0n) is 12.4. The summed E-state index contributed by atoms with van der Waals surface area (Å²) in [5.41, 5.74) is 12.0. The number of fused-ring (bicyclic) bond motifs is 1. The van der Waals surface area contributed by atoms with Gasteiger partial charge in [-0.3, -0.25) is 0 Å². The zero-order valence-corrected chi connectivity index (χ0v) is 13.2. The van der Waals surface area contributed by atoms with Crippen LogP contribution < -0.4 is 5.73 Å². The van der Waals surface area contributed by atoms with E-state index >= 15 is 0 Å². The van der Waals surface area contributed by atoms with E-state index in [4.69, 9.17) is 5.73 Å². The van der Waals surface area contributed by atoms with Crippen LogP contribution in [0.3, 0.4) is 0 Å². The molecule has 2 N–H and O–H groups in total. The van der Waals surface area contributed by atoms with E-state index in [1.165, 1.54) is 53.7 Å². The van der Waals surface area contributed by atoms with Gasteiger partial charge in [0.15, 0.2) is 0 Å². The van der Waals surface area contributed by atoms with Gasteiger partial charge in [-0.1, -0.05) is 30.2 Å². The van der Waals surface area contributed by atoms with E-state index < -0.39 is 0 Å². The highest BCUT2D eigenvalue weighted by Crippen LogP contribution is 2.34. The molecule has 0 saturated carbocycles. The van der Waals surface area contributed by atoms with Crippen molar-refractivity contribution in [2.24, 2.45) is 5.73 Å². The molecule has 106 valence electrons. The molecule has 1 nitrogen and oxygen atoms in total. The van der Waals surface area contributed by atoms with Crippen molar-refractivity contribution in [3.05, 3.63) is 56.3 Å². The largest absolute Gasteiger partial charge is 0.320 e. The predicted molar refractivity (Wildman–Crippen MR) is 87.5 cm³/mol. The Hall–Kier alpha value is -1.12. The summed E-state index contributed by atoms with van der Waals surface area (Å²) in [5.74, 6) is 0. The topological polar surface area (TPSA) is 26.0 Å². The molecule has 1 aliphatic carbocycles. The Bertz CT molecular complexity index is 588. The molecular formula is C18H23NS. The Morgan fingerprint density at radius 2 is 1.85 bits per heavy atom. The Morgan fingerprint density at radius 1 is 1.05 bits per heavy atom. The predicted octanol–water partition coefficient (Wildman–Crippen LogP) is 4.68. The maximum Gasteiger partial charge on any atom is 0.0648 e. The van der Waals surface area contributed by atoms with Crippen molar-refractivity contribution in [1.82, 2.24) is 0 Å². The quantitative estimate of drug-likeness (QED) is 0.796. The van der Waals surface area contributed by atoms with Crippen molar-refractivity contribution in [3.63, 3.8) is 0 Å². The molecule has 1 aromatic heterocycles. The third kappa shape index (κ3) is 2.68. The van der Waals surface area contributed by atoms with Crippen LogP contribution in [0.2, 0.25) is 0 Å². The second-order valence-corrected chi connectivity index (χ2v) is 7.16. The molecule has 0 saturated heterocycles. The van der Waals surface area contributed by atoms with Crippen LogP contribution in [0.25, 0.3) is 0 Å². The van der Waals surface area contributed by atoms with Gasteiger partial charge in [-0.25, -0.2) is 0 Å². The first-order valence-electron chi connectivity index (χ1n) is 7.59. The zero-order chi connectivity index (χ0) is 14.1. The lowest BCUT2D eigenvalue weighted by atomic mass is 9.98. The minimum atomic E-state index is 0.0341. The lowest BCUT2D eigenvalue weighted by Gasteiger charge is -2.14. The van der Waals surface area contributed by atoms with Crippen LogP contribution >= 0.6 is 11.3 Å². The summed E-state index contributed by atoms with van der Waals surface area (Å²) in [4.78, 5) is 2.92. The number of rotatable bonds is 2. The normalized spacial score (nSPS) is 16.6. The first-order chi connectivity index (χ1) is 9.65. The van der Waals surface area contributed by atoms with E-state index in [2.05, 4.69) is 38.1 Å². The van der Waals surface area contributed by atoms with Gasteiger partial charge in [0.2, 0.25) is 0 Å². The second-order valence-electron chi connectivity index (χ2n) is 6.00. The molecule has 0 bridgehead atoms. The average Bonchev–Trinajstić information content (AvgIpc) is 2.72. The third-order valence-electron chi connectivity index (χ3n) is 4.34. The molecule has 1 aromatic carbocycles. The number of nitrogens with two attached hydrogens (primary N) is 1. The van der Waals surface area contributed by atoms with E-state index in [0.717, 1.165) is 0 Å². The summed E-state index contributed by atoms with van der Waals surface area (Å²) in [5, 5.41) is 0. The van der Waals surface area contributed by atoms with Crippen molar-refractivity contribution in [2.45, 2.75) is 52.0 Å². The number of aryl methyl sites for hydroxylation is 4. The number of thiophene rings is 1. The summed E-state index contributed by atoms with van der Waals surface area (Å²) in [6.45, 7) is 4.30. The van der Waals surface area contributed by atoms with Gasteiger partial charge in [-0.15, -0.1) is 11.3 Å². The van der Waals surface area contributed by atoms with E-state index in [0.29, 0.717) is 0 Å². The molecule has 0 radical (unpaired) electrons. The SMILES string of the molecule is Cc1ccc(C)c(C(N)c2cc3c(s2)CCCCC3)c1. The summed E-state index contributed by atoms with van der Waals surface area (Å²) in [6.07, 6.45) is 6.54. The fourth-order valence-electron chi connectivity index (χ4n) is 3.09. The maximum atomic E-state index is 6.55. The van der Waals surface area contributed by atoms with Crippen molar-refractivity contribution in [3.8, 4) is 0 Å². The summed E-state index contributed by atoms with van der Waals surface area (Å²) >= 11 is 1.94. The van der Waals surface area contributed by atoms with Gasteiger partial charge < -0.3 is 5.73 Å². The van der Waals surface area contributed by atoms with Gasteiger partial charge in [0.25, 0.3) is 0 Å². The lowest BCUT2D eigenvalue weighted by molar-refractivity contribution is 0.712. The Balaban J connectivity index is 1.94. The van der Waals surface area contributed by atoms with Crippen LogP contribution in [-0.4, -0.2) is 0 Å². The van der Waals surface area contributed by atoms with Crippen LogP contribution in [0.5, 0.6) is 0 Å². The highest BCUT2D eigenvalue weighted by Gasteiger charge is 2.18. The molecule has 0 aliphatic heterocycles. The molecule has 2 aromatic rings. The van der Waals surface area contributed by atoms with E-state index in [1.807, 2.05) is 11.3 Å². The number of hydrogen-bond donors (Lipinski definition) is 1. The summed E-state index contributed by atoms with van der Waals surface area (Å²) in [6, 6.07) is 8.99. The summed E-state index contributed by atoms with van der Waals surface area (Å²) < 4.78 is 0. The van der Waals surface area contributed by atoms with Crippen molar-refractivity contribution in [1.29, 1.82) is 0 Å². The molecule has 0 fully saturated rings. The van der Waals surface area contributed by atoms with Gasteiger partial charge in [-0.2, -0.15) is 0 Å². The lowest BCUT2D eigenvalue weighted by Crippen LogP contribution is -2.12. The molecule has 0 spiro atoms. The van der Waals surface area contributed by atoms with Gasteiger partial charge in [-0.05, 0) is 62.3 Å². The minimum Gasteiger partial charge on any atom is -0.320 e. The molecular weight excluding hydrogens is 262 g/mol. The van der Waals surface area contributed by atoms with Crippen LogP contribution in [0.1, 0.15) is 57.3 Å². The molecule has 0 amide bonds. The first-order valence-corrected chi connectivity index (χ1v) is 8.41. The average molecular weight is 285 g/mol. The first kappa shape index (κ1) is 13.8. The Morgan fingerprint density at radius 3 is 2.70 bits per heavy atom. The molecule has 3 rings (SSSR count). The van der Waals surface area contributed by atoms with E-state index in [-0.39, 0.29) is 6.04 Å². The maximum absolute atomic E-state index is 6.55. The van der Waals surface area contributed by atoms with Crippen molar-refractivity contribution < 1.29 is 0 Å². The molecule has 20 heavy (non-hydrogen) atoms. The molecule has 1 atom stereocenters. The van der Waals surface area contributed by atoms with Gasteiger partial charge in [0, 0.05) is 9.75 Å². The van der Waals surface area contributed by atoms with Gasteiger partial charge in [0.1, 0.15) is 0 Å². The molecule has 1 unspecified atom stereocenters. The van der Waals surface area contributed by atoms with Gasteiger partial charge in [0.05, 0.1) is 6.04 Å². The monoisotopic (exact) mass is 285 g/mol. The van der Waals surface area contributed by atoms with Gasteiger partial charge >= 0.3 is 0 Å². The summed E-state index contributed by atoms with van der Waals surface area (Å²) in [7, 11) is 0. The fraction of sp³-hybridized carbons (Fsp3) is 0.444. The molecule has 1 aliphatic rings. The highest BCUT2D eigenvalue weighted by atomic mass is 32.1. The fourth-order valence-corrected chi connectivity index (χ4v) is 4.37. The number of hydrogen-bond acceptors (Lipinski definition) is 2. The van der Waals surface area contributed by atoms with Crippen LogP contribution in [-0.2, 0) is 12.8 Å². The second kappa shape index (κ2) is 5.71. The smallest absolute Gasteiger partial charge is 0.0648 e. The van der Waals surface area contributed by atoms with Crippen LogP contribution in [0, 0.1) is 13.8 Å². The highest BCUT2D eigenvalue weighted by molar-refractivity contribution is 7.12. The van der Waals surface area contributed by atoms with Crippen molar-refractivity contribution >= 4 is 11.3 Å². The standard InChI is InChI=1S/C18H23NS/c1-12-8-9-13(2)15(10-12)18(19)17-11-14-6-4-3-5-7-16(14)20-17/h8-11,18H,3-7,19H2,1-2H3. The Labute approximate surface area is 125 Å². The molecule has 2 heteroatoms. The van der Waals surface area contributed by atoms with E-state index in [9.17, 15) is 0 Å². The molecule has 1 heterocycles. The Kier molecular flexibility index (Phi) is 3.95. The minimum absolute atomic E-state index is 0.0341. The number of benzene rings is 1. The van der Waals surface area contributed by atoms with Crippen LogP contribution in [0.15, 0.2) is 24.3 Å².